The number of carbonyl (C=O) groups excluding carboxylic acids is 3. The molecular formula is C43H74NO9P. The molecule has 0 heterocycles. The standard InChI is InChI=1S/C43H74NO9P/c1-3-5-7-8-9-10-11-12-13-14-17-21-24-27-31-35-43(47)53-41(39-52-54(48,49)51-37-36-44)38-50-42(46)34-30-26-23-20-18-15-16-19-22-25-29-33-40(45)32-28-6-4-2/h10-11,15-16,20,22-23,25,29,33,41H,3-9,12-14,17-19,21,24,26-28,30-32,34-39,44H2,1-2H3,(H,48,49)/b11-10-,16-15-,23-20-,25-22-,33-29+/t41-/m1/s1. The van der Waals surface area contributed by atoms with Gasteiger partial charge < -0.3 is 20.1 Å². The van der Waals surface area contributed by atoms with E-state index in [1.165, 1.54) is 51.4 Å². The molecule has 3 N–H and O–H groups in total. The minimum absolute atomic E-state index is 0.0340. The van der Waals surface area contributed by atoms with Crippen LogP contribution in [0.4, 0.5) is 0 Å². The van der Waals surface area contributed by atoms with E-state index in [9.17, 15) is 23.8 Å². The fourth-order valence-corrected chi connectivity index (χ4v) is 5.99. The number of phosphoric acid groups is 1. The van der Waals surface area contributed by atoms with Gasteiger partial charge in [-0.15, -0.1) is 0 Å². The molecule has 0 rings (SSSR count). The van der Waals surface area contributed by atoms with Crippen LogP contribution >= 0.6 is 7.82 Å². The van der Waals surface area contributed by atoms with Crippen molar-refractivity contribution in [2.75, 3.05) is 26.4 Å². The van der Waals surface area contributed by atoms with E-state index >= 15 is 0 Å². The topological polar surface area (TPSA) is 151 Å². The maximum Gasteiger partial charge on any atom is 0.472 e. The molecule has 0 radical (unpaired) electrons. The summed E-state index contributed by atoms with van der Waals surface area (Å²) >= 11 is 0. The lowest BCUT2D eigenvalue weighted by atomic mass is 10.1. The average Bonchev–Trinajstić information content (AvgIpc) is 3.15. The predicted molar refractivity (Wildman–Crippen MR) is 220 cm³/mol. The Balaban J connectivity index is 4.33. The fourth-order valence-electron chi connectivity index (χ4n) is 5.22. The number of nitrogens with two attached hydrogens (primary N) is 1. The molecule has 0 saturated carbocycles. The molecule has 1 unspecified atom stereocenters. The van der Waals surface area contributed by atoms with Crippen LogP contribution in [0.5, 0.6) is 0 Å². The van der Waals surface area contributed by atoms with Crippen molar-refractivity contribution in [2.24, 2.45) is 5.73 Å². The number of phosphoric ester groups is 1. The summed E-state index contributed by atoms with van der Waals surface area (Å²) in [6, 6.07) is 0. The molecule has 10 nitrogen and oxygen atoms in total. The van der Waals surface area contributed by atoms with Crippen molar-refractivity contribution in [1.29, 1.82) is 0 Å². The highest BCUT2D eigenvalue weighted by atomic mass is 31.2. The molecule has 2 atom stereocenters. The number of allylic oxidation sites excluding steroid dienone is 10. The predicted octanol–water partition coefficient (Wildman–Crippen LogP) is 10.9. The second-order valence-electron chi connectivity index (χ2n) is 13.5. The third kappa shape index (κ3) is 37.7. The van der Waals surface area contributed by atoms with Crippen molar-refractivity contribution in [3.63, 3.8) is 0 Å². The molecule has 0 amide bonds. The van der Waals surface area contributed by atoms with Gasteiger partial charge >= 0.3 is 19.8 Å². The van der Waals surface area contributed by atoms with Crippen molar-refractivity contribution in [3.8, 4) is 0 Å². The Hall–Kier alpha value is -2.62. The van der Waals surface area contributed by atoms with Crippen LogP contribution in [0.25, 0.3) is 0 Å². The largest absolute Gasteiger partial charge is 0.472 e. The summed E-state index contributed by atoms with van der Waals surface area (Å²) in [5.41, 5.74) is 5.33. The average molecular weight is 780 g/mol. The second-order valence-corrected chi connectivity index (χ2v) is 15.0. The van der Waals surface area contributed by atoms with Crippen molar-refractivity contribution in [3.05, 3.63) is 60.8 Å². The lowest BCUT2D eigenvalue weighted by Crippen LogP contribution is -2.29. The van der Waals surface area contributed by atoms with Crippen molar-refractivity contribution < 1.29 is 42.4 Å². The highest BCUT2D eigenvalue weighted by Crippen LogP contribution is 2.43. The van der Waals surface area contributed by atoms with Gasteiger partial charge in [-0.05, 0) is 70.3 Å². The third-order valence-corrected chi connectivity index (χ3v) is 9.34. The first-order valence-corrected chi connectivity index (χ1v) is 22.2. The van der Waals surface area contributed by atoms with Crippen LogP contribution in [0, 0.1) is 0 Å². The molecule has 0 aliphatic carbocycles. The molecule has 0 aromatic carbocycles. The number of hydrogen-bond acceptors (Lipinski definition) is 9. The third-order valence-electron chi connectivity index (χ3n) is 8.35. The van der Waals surface area contributed by atoms with Gasteiger partial charge in [-0.1, -0.05) is 133 Å². The van der Waals surface area contributed by atoms with Crippen LogP contribution in [0.3, 0.4) is 0 Å². The number of unbranched alkanes of at least 4 members (excludes halogenated alkanes) is 14. The molecule has 0 fully saturated rings. The lowest BCUT2D eigenvalue weighted by molar-refractivity contribution is -0.161. The maximum absolute atomic E-state index is 12.6. The normalized spacial score (nSPS) is 13.9. The fraction of sp³-hybridized carbons (Fsp3) is 0.698. The molecule has 0 spiro atoms. The van der Waals surface area contributed by atoms with Crippen molar-refractivity contribution in [1.82, 2.24) is 0 Å². The Labute approximate surface area is 327 Å². The van der Waals surface area contributed by atoms with Gasteiger partial charge in [-0.2, -0.15) is 0 Å². The summed E-state index contributed by atoms with van der Waals surface area (Å²) in [6.07, 6.45) is 40.9. The van der Waals surface area contributed by atoms with Crippen LogP contribution < -0.4 is 5.73 Å². The zero-order valence-corrected chi connectivity index (χ0v) is 34.6. The van der Waals surface area contributed by atoms with Gasteiger partial charge in [0.05, 0.1) is 13.2 Å². The Kier molecular flexibility index (Phi) is 36.8. The Bertz CT molecular complexity index is 1130. The van der Waals surface area contributed by atoms with Gasteiger partial charge in [0.15, 0.2) is 11.9 Å². The molecule has 0 saturated heterocycles. The molecule has 0 aromatic rings. The van der Waals surface area contributed by atoms with Gasteiger partial charge in [-0.3, -0.25) is 23.4 Å². The number of hydrogen-bond donors (Lipinski definition) is 2. The van der Waals surface area contributed by atoms with E-state index in [2.05, 4.69) is 38.2 Å². The number of ketones is 1. The molecule has 0 bridgehead atoms. The van der Waals surface area contributed by atoms with Crippen LogP contribution in [0.1, 0.15) is 162 Å². The first kappa shape index (κ1) is 51.4. The van der Waals surface area contributed by atoms with Crippen molar-refractivity contribution >= 4 is 25.5 Å². The number of rotatable bonds is 38. The van der Waals surface area contributed by atoms with E-state index in [1.807, 2.05) is 24.3 Å². The van der Waals surface area contributed by atoms with Crippen LogP contribution in [0.2, 0.25) is 0 Å². The zero-order chi connectivity index (χ0) is 39.8. The van der Waals surface area contributed by atoms with Gasteiger partial charge in [0.25, 0.3) is 0 Å². The minimum Gasteiger partial charge on any atom is -0.462 e. The van der Waals surface area contributed by atoms with E-state index in [1.54, 1.807) is 12.2 Å². The summed E-state index contributed by atoms with van der Waals surface area (Å²) in [7, 11) is -4.40. The van der Waals surface area contributed by atoms with Gasteiger partial charge in [0.2, 0.25) is 0 Å². The Morgan fingerprint density at radius 1 is 0.611 bits per heavy atom. The smallest absolute Gasteiger partial charge is 0.462 e. The van der Waals surface area contributed by atoms with Gasteiger partial charge in [0.1, 0.15) is 6.61 Å². The van der Waals surface area contributed by atoms with Crippen LogP contribution in [-0.2, 0) is 37.5 Å². The highest BCUT2D eigenvalue weighted by molar-refractivity contribution is 7.47. The van der Waals surface area contributed by atoms with Crippen LogP contribution in [-0.4, -0.2) is 55.1 Å². The first-order chi connectivity index (χ1) is 26.2. The summed E-state index contributed by atoms with van der Waals surface area (Å²) < 4.78 is 32.6. The molecule has 0 aromatic heterocycles. The number of carbonyl (C=O) groups is 3. The van der Waals surface area contributed by atoms with E-state index in [0.29, 0.717) is 25.7 Å². The first-order valence-electron chi connectivity index (χ1n) is 20.7. The van der Waals surface area contributed by atoms with E-state index in [0.717, 1.165) is 57.8 Å². The van der Waals surface area contributed by atoms with E-state index < -0.39 is 32.5 Å². The Morgan fingerprint density at radius 3 is 1.83 bits per heavy atom. The van der Waals surface area contributed by atoms with E-state index in [-0.39, 0.29) is 38.4 Å². The molecule has 54 heavy (non-hydrogen) atoms. The maximum atomic E-state index is 12.6. The van der Waals surface area contributed by atoms with E-state index in [4.69, 9.17) is 24.3 Å². The quantitative estimate of drug-likeness (QED) is 0.0155. The molecule has 310 valence electrons. The second kappa shape index (κ2) is 38.6. The van der Waals surface area contributed by atoms with Crippen molar-refractivity contribution in [2.45, 2.75) is 168 Å². The van der Waals surface area contributed by atoms with Crippen LogP contribution in [0.15, 0.2) is 60.8 Å². The molecule has 0 aliphatic heterocycles. The number of ether oxygens (including phenoxy) is 2. The highest BCUT2D eigenvalue weighted by Gasteiger charge is 2.25. The zero-order valence-electron chi connectivity index (χ0n) is 33.7. The summed E-state index contributed by atoms with van der Waals surface area (Å²) in [5, 5.41) is 0. The molecule has 0 aliphatic rings. The Morgan fingerprint density at radius 2 is 1.15 bits per heavy atom. The van der Waals surface area contributed by atoms with Gasteiger partial charge in [0, 0.05) is 25.8 Å². The minimum atomic E-state index is -4.40. The molecular weight excluding hydrogens is 705 g/mol. The summed E-state index contributed by atoms with van der Waals surface area (Å²) in [6.45, 7) is 3.45. The number of esters is 2. The molecule has 11 heteroatoms. The summed E-state index contributed by atoms with van der Waals surface area (Å²) in [4.78, 5) is 46.5. The monoisotopic (exact) mass is 780 g/mol. The summed E-state index contributed by atoms with van der Waals surface area (Å²) in [5.74, 6) is -0.771. The lowest BCUT2D eigenvalue weighted by Gasteiger charge is -2.19. The van der Waals surface area contributed by atoms with Gasteiger partial charge in [-0.25, -0.2) is 4.57 Å². The SMILES string of the molecule is CCCCCC/C=C\CCCCCCCCCC(=O)O[C@H](COC(=O)CCC/C=C\C/C=C\C/C=C\C=C\C(=O)CCCCC)COP(=O)(O)OCCN.